The van der Waals surface area contributed by atoms with Gasteiger partial charge in [-0.2, -0.15) is 5.26 Å². The van der Waals surface area contributed by atoms with Crippen molar-refractivity contribution < 1.29 is 0 Å². The van der Waals surface area contributed by atoms with Crippen LogP contribution in [0.1, 0.15) is 39.5 Å². The number of piperidine rings is 1. The van der Waals surface area contributed by atoms with E-state index in [-0.39, 0.29) is 0 Å². The fourth-order valence-electron chi connectivity index (χ4n) is 2.28. The van der Waals surface area contributed by atoms with Gasteiger partial charge < -0.3 is 5.32 Å². The summed E-state index contributed by atoms with van der Waals surface area (Å²) in [6, 6.07) is 3.53. The second kappa shape index (κ2) is 6.81. The SMILES string of the molecule is CCCC(C)NC1CCN(CC#N)CC1. The summed E-state index contributed by atoms with van der Waals surface area (Å²) in [5.41, 5.74) is 0. The number of nitrogens with zero attached hydrogens (tertiary/aromatic N) is 2. The van der Waals surface area contributed by atoms with Crippen molar-refractivity contribution in [3.8, 4) is 6.07 Å². The number of rotatable bonds is 5. The lowest BCUT2D eigenvalue weighted by Gasteiger charge is -2.32. The molecule has 0 aromatic rings. The number of hydrogen-bond donors (Lipinski definition) is 1. The first-order chi connectivity index (χ1) is 7.26. The van der Waals surface area contributed by atoms with Crippen LogP contribution in [0.4, 0.5) is 0 Å². The standard InChI is InChI=1S/C12H23N3/c1-3-4-11(2)14-12-5-8-15(9-6-12)10-7-13/h11-12,14H,3-6,8-10H2,1-2H3. The molecule has 0 aliphatic carbocycles. The van der Waals surface area contributed by atoms with E-state index in [1.807, 2.05) is 0 Å². The molecular weight excluding hydrogens is 186 g/mol. The lowest BCUT2D eigenvalue weighted by atomic mass is 10.0. The van der Waals surface area contributed by atoms with Gasteiger partial charge in [0, 0.05) is 25.2 Å². The Bertz CT molecular complexity index is 201. The highest BCUT2D eigenvalue weighted by Crippen LogP contribution is 2.11. The third-order valence-corrected chi connectivity index (χ3v) is 3.12. The van der Waals surface area contributed by atoms with Crippen molar-refractivity contribution in [1.82, 2.24) is 10.2 Å². The van der Waals surface area contributed by atoms with E-state index >= 15 is 0 Å². The van der Waals surface area contributed by atoms with Crippen molar-refractivity contribution in [2.24, 2.45) is 0 Å². The van der Waals surface area contributed by atoms with Gasteiger partial charge in [0.2, 0.25) is 0 Å². The second-order valence-electron chi connectivity index (χ2n) is 4.56. The first kappa shape index (κ1) is 12.5. The van der Waals surface area contributed by atoms with Gasteiger partial charge in [-0.15, -0.1) is 0 Å². The van der Waals surface area contributed by atoms with Gasteiger partial charge in [0.05, 0.1) is 12.6 Å². The van der Waals surface area contributed by atoms with E-state index in [1.54, 1.807) is 0 Å². The van der Waals surface area contributed by atoms with Gasteiger partial charge in [0.1, 0.15) is 0 Å². The first-order valence-corrected chi connectivity index (χ1v) is 6.11. The summed E-state index contributed by atoms with van der Waals surface area (Å²) in [4.78, 5) is 2.24. The fourth-order valence-corrected chi connectivity index (χ4v) is 2.28. The molecule has 1 saturated heterocycles. The number of likely N-dealkylation sites (tertiary alicyclic amines) is 1. The zero-order chi connectivity index (χ0) is 11.1. The highest BCUT2D eigenvalue weighted by Gasteiger charge is 2.19. The van der Waals surface area contributed by atoms with Crippen LogP contribution in [0.15, 0.2) is 0 Å². The maximum absolute atomic E-state index is 8.59. The summed E-state index contributed by atoms with van der Waals surface area (Å²) in [7, 11) is 0. The number of nitrogens with one attached hydrogen (secondary N) is 1. The van der Waals surface area contributed by atoms with Gasteiger partial charge in [0.15, 0.2) is 0 Å². The van der Waals surface area contributed by atoms with Crippen LogP contribution >= 0.6 is 0 Å². The van der Waals surface area contributed by atoms with Crippen molar-refractivity contribution in [3.05, 3.63) is 0 Å². The summed E-state index contributed by atoms with van der Waals surface area (Å²) in [5, 5.41) is 12.3. The van der Waals surface area contributed by atoms with E-state index in [9.17, 15) is 0 Å². The van der Waals surface area contributed by atoms with E-state index in [0.717, 1.165) is 13.1 Å². The van der Waals surface area contributed by atoms with E-state index in [2.05, 4.69) is 30.1 Å². The Hall–Kier alpha value is -0.590. The minimum atomic E-state index is 0.594. The summed E-state index contributed by atoms with van der Waals surface area (Å²) in [6.45, 7) is 7.24. The van der Waals surface area contributed by atoms with Gasteiger partial charge in [-0.25, -0.2) is 0 Å². The van der Waals surface area contributed by atoms with Gasteiger partial charge >= 0.3 is 0 Å². The maximum atomic E-state index is 8.59. The quantitative estimate of drug-likeness (QED) is 0.701. The van der Waals surface area contributed by atoms with Crippen LogP contribution in [-0.4, -0.2) is 36.6 Å². The van der Waals surface area contributed by atoms with E-state index in [0.29, 0.717) is 18.6 Å². The Labute approximate surface area is 93.5 Å². The van der Waals surface area contributed by atoms with Gasteiger partial charge in [-0.3, -0.25) is 4.90 Å². The lowest BCUT2D eigenvalue weighted by molar-refractivity contribution is 0.208. The molecule has 15 heavy (non-hydrogen) atoms. The molecule has 1 aliphatic rings. The molecular formula is C12H23N3. The molecule has 1 fully saturated rings. The molecule has 1 aliphatic heterocycles. The predicted octanol–water partition coefficient (Wildman–Crippen LogP) is 1.75. The van der Waals surface area contributed by atoms with Crippen LogP contribution in [0.25, 0.3) is 0 Å². The molecule has 3 nitrogen and oxygen atoms in total. The van der Waals surface area contributed by atoms with Gasteiger partial charge in [-0.05, 0) is 26.2 Å². The maximum Gasteiger partial charge on any atom is 0.0866 e. The number of hydrogen-bond acceptors (Lipinski definition) is 3. The monoisotopic (exact) mass is 209 g/mol. The minimum absolute atomic E-state index is 0.594. The lowest BCUT2D eigenvalue weighted by Crippen LogP contribution is -2.45. The Morgan fingerprint density at radius 1 is 1.47 bits per heavy atom. The molecule has 1 rings (SSSR count). The second-order valence-corrected chi connectivity index (χ2v) is 4.56. The van der Waals surface area contributed by atoms with Crippen molar-refractivity contribution in [1.29, 1.82) is 5.26 Å². The van der Waals surface area contributed by atoms with Crippen LogP contribution < -0.4 is 5.32 Å². The van der Waals surface area contributed by atoms with Crippen molar-refractivity contribution in [3.63, 3.8) is 0 Å². The highest BCUT2D eigenvalue weighted by atomic mass is 15.1. The van der Waals surface area contributed by atoms with Gasteiger partial charge in [-0.1, -0.05) is 13.3 Å². The molecule has 0 spiro atoms. The summed E-state index contributed by atoms with van der Waals surface area (Å²) >= 11 is 0. The zero-order valence-corrected chi connectivity index (χ0v) is 10.00. The normalized spacial score (nSPS) is 21.1. The van der Waals surface area contributed by atoms with Crippen molar-refractivity contribution in [2.45, 2.75) is 51.6 Å². The predicted molar refractivity (Wildman–Crippen MR) is 62.6 cm³/mol. The van der Waals surface area contributed by atoms with Crippen LogP contribution in [0.2, 0.25) is 0 Å². The molecule has 1 N–H and O–H groups in total. The molecule has 0 aromatic heterocycles. The summed E-state index contributed by atoms with van der Waals surface area (Å²) in [5.74, 6) is 0. The largest absolute Gasteiger partial charge is 0.311 e. The molecule has 3 heteroatoms. The van der Waals surface area contributed by atoms with Crippen LogP contribution in [0.3, 0.4) is 0 Å². The average molecular weight is 209 g/mol. The Morgan fingerprint density at radius 2 is 2.13 bits per heavy atom. The molecule has 1 atom stereocenters. The first-order valence-electron chi connectivity index (χ1n) is 6.11. The highest BCUT2D eigenvalue weighted by molar-refractivity contribution is 4.84. The average Bonchev–Trinajstić information content (AvgIpc) is 2.22. The topological polar surface area (TPSA) is 39.1 Å². The van der Waals surface area contributed by atoms with E-state index < -0.39 is 0 Å². The van der Waals surface area contributed by atoms with Crippen LogP contribution in [0.5, 0.6) is 0 Å². The third-order valence-electron chi connectivity index (χ3n) is 3.12. The molecule has 0 radical (unpaired) electrons. The van der Waals surface area contributed by atoms with Crippen LogP contribution in [0, 0.1) is 11.3 Å². The van der Waals surface area contributed by atoms with E-state index in [1.165, 1.54) is 25.7 Å². The molecule has 0 aromatic carbocycles. The Balaban J connectivity index is 2.17. The third kappa shape index (κ3) is 4.63. The Kier molecular flexibility index (Phi) is 5.67. The molecule has 86 valence electrons. The molecule has 1 unspecified atom stereocenters. The fraction of sp³-hybridized carbons (Fsp3) is 0.917. The molecule has 0 saturated carbocycles. The molecule has 1 heterocycles. The summed E-state index contributed by atoms with van der Waals surface area (Å²) in [6.07, 6.45) is 4.89. The van der Waals surface area contributed by atoms with Crippen LogP contribution in [-0.2, 0) is 0 Å². The molecule has 0 amide bonds. The van der Waals surface area contributed by atoms with E-state index in [4.69, 9.17) is 5.26 Å². The number of nitriles is 1. The summed E-state index contributed by atoms with van der Waals surface area (Å²) < 4.78 is 0. The minimum Gasteiger partial charge on any atom is -0.311 e. The smallest absolute Gasteiger partial charge is 0.0866 e. The molecule has 0 bridgehead atoms. The Morgan fingerprint density at radius 3 is 2.67 bits per heavy atom. The van der Waals surface area contributed by atoms with Crippen molar-refractivity contribution >= 4 is 0 Å². The zero-order valence-electron chi connectivity index (χ0n) is 10.00. The van der Waals surface area contributed by atoms with Crippen molar-refractivity contribution in [2.75, 3.05) is 19.6 Å². The van der Waals surface area contributed by atoms with Gasteiger partial charge in [0.25, 0.3) is 0 Å².